The molecule has 26 heavy (non-hydrogen) atoms. The first-order valence-corrected chi connectivity index (χ1v) is 10.4. The lowest BCUT2D eigenvalue weighted by molar-refractivity contribution is 0.344. The minimum atomic E-state index is 0.240. The quantitative estimate of drug-likeness (QED) is 0.709. The molecule has 0 bridgehead atoms. The second kappa shape index (κ2) is 7.83. The summed E-state index contributed by atoms with van der Waals surface area (Å²) in [5.74, 6) is 1.43. The van der Waals surface area contributed by atoms with E-state index in [1.807, 2.05) is 36.8 Å². The summed E-state index contributed by atoms with van der Waals surface area (Å²) < 4.78 is 0. The second-order valence-electron chi connectivity index (χ2n) is 7.83. The molecule has 140 valence electrons. The Hall–Kier alpha value is -1.81. The number of hydrogen-bond acceptors (Lipinski definition) is 4. The van der Waals surface area contributed by atoms with E-state index in [-0.39, 0.29) is 5.41 Å². The summed E-state index contributed by atoms with van der Waals surface area (Å²) in [6, 6.07) is 14.7. The van der Waals surface area contributed by atoms with E-state index in [1.54, 1.807) is 0 Å². The zero-order valence-corrected chi connectivity index (χ0v) is 17.1. The number of anilines is 3. The van der Waals surface area contributed by atoms with Crippen LogP contribution in [0.3, 0.4) is 0 Å². The molecule has 0 spiro atoms. The van der Waals surface area contributed by atoms with Crippen molar-refractivity contribution in [3.8, 4) is 5.75 Å². The van der Waals surface area contributed by atoms with Crippen LogP contribution in [0, 0.1) is 5.41 Å². The van der Waals surface area contributed by atoms with Crippen LogP contribution >= 0.6 is 11.8 Å². The van der Waals surface area contributed by atoms with E-state index < -0.39 is 0 Å². The van der Waals surface area contributed by atoms with Crippen LogP contribution in [-0.2, 0) is 0 Å². The molecule has 0 aromatic heterocycles. The molecule has 0 saturated heterocycles. The molecule has 1 aliphatic heterocycles. The van der Waals surface area contributed by atoms with Gasteiger partial charge < -0.3 is 14.9 Å². The fraction of sp³-hybridized carbons (Fsp3) is 0.455. The highest BCUT2D eigenvalue weighted by Crippen LogP contribution is 2.48. The largest absolute Gasteiger partial charge is 0.506 e. The van der Waals surface area contributed by atoms with Crippen molar-refractivity contribution in [2.75, 3.05) is 36.2 Å². The van der Waals surface area contributed by atoms with Gasteiger partial charge in [0.1, 0.15) is 5.75 Å². The molecular formula is C22H30N2OS. The lowest BCUT2D eigenvalue weighted by atomic mass is 9.86. The van der Waals surface area contributed by atoms with E-state index in [4.69, 9.17) is 0 Å². The molecule has 4 heteroatoms. The van der Waals surface area contributed by atoms with Gasteiger partial charge in [0.2, 0.25) is 0 Å². The Balaban J connectivity index is 2.09. The van der Waals surface area contributed by atoms with E-state index in [1.165, 1.54) is 30.6 Å². The van der Waals surface area contributed by atoms with Crippen molar-refractivity contribution >= 4 is 28.8 Å². The van der Waals surface area contributed by atoms with E-state index in [2.05, 4.69) is 55.1 Å². The average molecular weight is 371 g/mol. The van der Waals surface area contributed by atoms with Gasteiger partial charge in [-0.15, -0.1) is 11.8 Å². The number of rotatable bonds is 5. The van der Waals surface area contributed by atoms with Crippen LogP contribution in [0.15, 0.2) is 47.4 Å². The summed E-state index contributed by atoms with van der Waals surface area (Å²) in [7, 11) is 3.95. The van der Waals surface area contributed by atoms with Gasteiger partial charge >= 0.3 is 0 Å². The Labute approximate surface area is 162 Å². The molecule has 1 heterocycles. The number of aromatic hydroxyl groups is 1. The third-order valence-corrected chi connectivity index (χ3v) is 6.63. The third kappa shape index (κ3) is 3.96. The number of unbranched alkanes of at least 4 members (excludes halogenated alkanes) is 1. The third-order valence-electron chi connectivity index (χ3n) is 5.15. The van der Waals surface area contributed by atoms with Crippen LogP contribution in [0.4, 0.5) is 17.1 Å². The van der Waals surface area contributed by atoms with Gasteiger partial charge in [-0.1, -0.05) is 44.9 Å². The van der Waals surface area contributed by atoms with Gasteiger partial charge in [0.05, 0.1) is 11.4 Å². The summed E-state index contributed by atoms with van der Waals surface area (Å²) >= 11 is 1.88. The molecule has 1 atom stereocenters. The first-order chi connectivity index (χ1) is 12.4. The maximum atomic E-state index is 10.5. The van der Waals surface area contributed by atoms with Crippen molar-refractivity contribution in [1.82, 2.24) is 0 Å². The number of para-hydroxylation sites is 1. The molecule has 1 unspecified atom stereocenters. The Morgan fingerprint density at radius 2 is 1.92 bits per heavy atom. The molecular weight excluding hydrogens is 340 g/mol. The first kappa shape index (κ1) is 19.0. The van der Waals surface area contributed by atoms with Crippen molar-refractivity contribution in [2.24, 2.45) is 5.41 Å². The lowest BCUT2D eigenvalue weighted by Crippen LogP contribution is -2.33. The number of phenols is 1. The van der Waals surface area contributed by atoms with E-state index in [9.17, 15) is 5.11 Å². The van der Waals surface area contributed by atoms with Crippen LogP contribution in [0.2, 0.25) is 0 Å². The predicted molar refractivity (Wildman–Crippen MR) is 114 cm³/mol. The molecule has 0 radical (unpaired) electrons. The fourth-order valence-electron chi connectivity index (χ4n) is 3.59. The van der Waals surface area contributed by atoms with Gasteiger partial charge in [0.15, 0.2) is 0 Å². The number of phenolic OH excluding ortho intramolecular Hbond substituents is 1. The average Bonchev–Trinajstić information content (AvgIpc) is 2.77. The SMILES string of the molecule is CCCCC1(C)CSc2cc(O)c(N(C)C)cc2N(c2ccccc2)C1. The summed E-state index contributed by atoms with van der Waals surface area (Å²) in [6.45, 7) is 5.66. The van der Waals surface area contributed by atoms with Crippen molar-refractivity contribution in [1.29, 1.82) is 0 Å². The van der Waals surface area contributed by atoms with Crippen molar-refractivity contribution in [3.63, 3.8) is 0 Å². The number of fused-ring (bicyclic) bond motifs is 1. The molecule has 0 saturated carbocycles. The Bertz CT molecular complexity index is 747. The van der Waals surface area contributed by atoms with Crippen LogP contribution in [0.5, 0.6) is 5.75 Å². The number of nitrogens with zero attached hydrogens (tertiary/aromatic N) is 2. The van der Waals surface area contributed by atoms with Crippen LogP contribution in [-0.4, -0.2) is 31.5 Å². The highest BCUT2D eigenvalue weighted by atomic mass is 32.2. The zero-order valence-electron chi connectivity index (χ0n) is 16.3. The predicted octanol–water partition coefficient (Wildman–Crippen LogP) is 5.90. The number of thioether (sulfide) groups is 1. The van der Waals surface area contributed by atoms with Gasteiger partial charge in [-0.05, 0) is 36.1 Å². The van der Waals surface area contributed by atoms with E-state index in [0.717, 1.165) is 22.9 Å². The highest BCUT2D eigenvalue weighted by molar-refractivity contribution is 7.99. The zero-order chi connectivity index (χ0) is 18.7. The molecule has 2 aromatic rings. The van der Waals surface area contributed by atoms with Crippen LogP contribution in [0.1, 0.15) is 33.1 Å². The summed E-state index contributed by atoms with van der Waals surface area (Å²) in [6.07, 6.45) is 3.70. The van der Waals surface area contributed by atoms with Gasteiger partial charge in [-0.25, -0.2) is 0 Å². The maximum absolute atomic E-state index is 10.5. The summed E-state index contributed by atoms with van der Waals surface area (Å²) in [5.41, 5.74) is 3.52. The smallest absolute Gasteiger partial charge is 0.140 e. The van der Waals surface area contributed by atoms with E-state index in [0.29, 0.717) is 5.75 Å². The molecule has 1 N–H and O–H groups in total. The van der Waals surface area contributed by atoms with Crippen molar-refractivity contribution in [3.05, 3.63) is 42.5 Å². The molecule has 3 nitrogen and oxygen atoms in total. The minimum Gasteiger partial charge on any atom is -0.506 e. The van der Waals surface area contributed by atoms with E-state index >= 15 is 0 Å². The standard InChI is InChI=1S/C22H30N2OS/c1-5-6-12-22(2)15-24(17-10-8-7-9-11-17)19-13-18(23(3)4)20(25)14-21(19)26-16-22/h7-11,13-14,25H,5-6,12,15-16H2,1-4H3. The Morgan fingerprint density at radius 3 is 2.58 bits per heavy atom. The Morgan fingerprint density at radius 1 is 1.19 bits per heavy atom. The summed E-state index contributed by atoms with van der Waals surface area (Å²) in [4.78, 5) is 5.58. The highest BCUT2D eigenvalue weighted by Gasteiger charge is 2.33. The van der Waals surface area contributed by atoms with Gasteiger partial charge in [-0.2, -0.15) is 0 Å². The monoisotopic (exact) mass is 370 g/mol. The molecule has 3 rings (SSSR count). The topological polar surface area (TPSA) is 26.7 Å². The molecule has 2 aromatic carbocycles. The molecule has 0 amide bonds. The second-order valence-corrected chi connectivity index (χ2v) is 8.84. The fourth-order valence-corrected chi connectivity index (χ4v) is 4.84. The van der Waals surface area contributed by atoms with Crippen molar-refractivity contribution < 1.29 is 5.11 Å². The summed E-state index contributed by atoms with van der Waals surface area (Å²) in [5, 5.41) is 10.5. The van der Waals surface area contributed by atoms with Gasteiger partial charge in [0, 0.05) is 37.0 Å². The number of benzene rings is 2. The minimum absolute atomic E-state index is 0.240. The normalized spacial score (nSPS) is 19.8. The molecule has 0 aliphatic carbocycles. The van der Waals surface area contributed by atoms with Crippen molar-refractivity contribution in [2.45, 2.75) is 38.0 Å². The maximum Gasteiger partial charge on any atom is 0.140 e. The van der Waals surface area contributed by atoms with Crippen LogP contribution in [0.25, 0.3) is 0 Å². The number of hydrogen-bond donors (Lipinski definition) is 1. The van der Waals surface area contributed by atoms with Crippen LogP contribution < -0.4 is 9.80 Å². The first-order valence-electron chi connectivity index (χ1n) is 9.43. The Kier molecular flexibility index (Phi) is 5.71. The van der Waals surface area contributed by atoms with Gasteiger partial charge in [0.25, 0.3) is 0 Å². The van der Waals surface area contributed by atoms with Gasteiger partial charge in [-0.3, -0.25) is 0 Å². The lowest BCUT2D eigenvalue weighted by Gasteiger charge is -2.34. The molecule has 1 aliphatic rings. The molecule has 0 fully saturated rings.